The molecule has 1 saturated heterocycles. The average molecular weight is 317 g/mol. The standard InChI is InChI=1S/C18H27N3O2/c22-17(11-2-3-11)20-6-1-7-21(9-8-20)18(23)19-16-14-12-4-5-13(10-12)15(14)16/h11-16H,1-10H2,(H,19,23)/t12-,13-,14+,15+/m0/s1. The summed E-state index contributed by atoms with van der Waals surface area (Å²) in [5.74, 6) is 3.98. The summed E-state index contributed by atoms with van der Waals surface area (Å²) >= 11 is 0. The van der Waals surface area contributed by atoms with Gasteiger partial charge in [-0.2, -0.15) is 0 Å². The first-order chi connectivity index (χ1) is 11.2. The minimum absolute atomic E-state index is 0.115. The van der Waals surface area contributed by atoms with Gasteiger partial charge in [0.1, 0.15) is 0 Å². The van der Waals surface area contributed by atoms with Gasteiger partial charge in [0.05, 0.1) is 0 Å². The summed E-state index contributed by atoms with van der Waals surface area (Å²) < 4.78 is 0. The van der Waals surface area contributed by atoms with Gasteiger partial charge >= 0.3 is 6.03 Å². The maximum absolute atomic E-state index is 12.6. The van der Waals surface area contributed by atoms with Crippen molar-refractivity contribution in [2.75, 3.05) is 26.2 Å². The molecule has 0 aromatic heterocycles. The Morgan fingerprint density at radius 2 is 1.48 bits per heavy atom. The summed E-state index contributed by atoms with van der Waals surface area (Å²) in [6.07, 6.45) is 7.23. The molecule has 0 aromatic rings. The number of nitrogens with zero attached hydrogens (tertiary/aromatic N) is 2. The van der Waals surface area contributed by atoms with Crippen LogP contribution in [0.15, 0.2) is 0 Å². The summed E-state index contributed by atoms with van der Waals surface area (Å²) in [4.78, 5) is 28.7. The SMILES string of the molecule is O=C(NC1[C@@H]2[C@H]3CC[C@@H](C3)[C@@H]12)N1CCCN(C(=O)C2CC2)CC1. The van der Waals surface area contributed by atoms with Gasteiger partial charge in [0.25, 0.3) is 0 Å². The van der Waals surface area contributed by atoms with E-state index in [0.29, 0.717) is 25.0 Å². The number of urea groups is 1. The molecule has 126 valence electrons. The molecule has 0 radical (unpaired) electrons. The van der Waals surface area contributed by atoms with Crippen molar-refractivity contribution in [3.05, 3.63) is 0 Å². The van der Waals surface area contributed by atoms with Gasteiger partial charge in [0.15, 0.2) is 0 Å². The molecule has 5 heteroatoms. The van der Waals surface area contributed by atoms with Crippen LogP contribution in [-0.4, -0.2) is 54.0 Å². The molecule has 5 rings (SSSR count). The Kier molecular flexibility index (Phi) is 3.14. The predicted octanol–water partition coefficient (Wildman–Crippen LogP) is 1.68. The van der Waals surface area contributed by atoms with Crippen LogP contribution in [0.25, 0.3) is 0 Å². The minimum Gasteiger partial charge on any atom is -0.341 e. The Morgan fingerprint density at radius 1 is 0.826 bits per heavy atom. The van der Waals surface area contributed by atoms with Crippen molar-refractivity contribution in [1.82, 2.24) is 15.1 Å². The van der Waals surface area contributed by atoms with Crippen molar-refractivity contribution < 1.29 is 9.59 Å². The summed E-state index contributed by atoms with van der Waals surface area (Å²) in [7, 11) is 0. The van der Waals surface area contributed by atoms with Crippen LogP contribution in [-0.2, 0) is 4.79 Å². The van der Waals surface area contributed by atoms with Crippen LogP contribution >= 0.6 is 0 Å². The fraction of sp³-hybridized carbons (Fsp3) is 0.889. The number of rotatable bonds is 2. The lowest BCUT2D eigenvalue weighted by atomic mass is 10.0. The van der Waals surface area contributed by atoms with Gasteiger partial charge in [0.2, 0.25) is 5.91 Å². The van der Waals surface area contributed by atoms with Gasteiger partial charge in [-0.05, 0) is 62.2 Å². The third-order valence-corrected chi connectivity index (χ3v) is 7.05. The van der Waals surface area contributed by atoms with E-state index in [-0.39, 0.29) is 11.9 Å². The fourth-order valence-electron chi connectivity index (χ4n) is 5.68. The van der Waals surface area contributed by atoms with Crippen LogP contribution in [0.5, 0.6) is 0 Å². The number of carbonyl (C=O) groups is 2. The smallest absolute Gasteiger partial charge is 0.317 e. The van der Waals surface area contributed by atoms with Gasteiger partial charge in [-0.15, -0.1) is 0 Å². The molecule has 4 atom stereocenters. The average Bonchev–Trinajstić information content (AvgIpc) is 3.45. The summed E-state index contributed by atoms with van der Waals surface area (Å²) in [6.45, 7) is 3.01. The number of amides is 3. The van der Waals surface area contributed by atoms with E-state index in [1.54, 1.807) is 0 Å². The number of carbonyl (C=O) groups excluding carboxylic acids is 2. The molecule has 5 aliphatic rings. The molecule has 2 bridgehead atoms. The predicted molar refractivity (Wildman–Crippen MR) is 85.6 cm³/mol. The molecule has 5 nitrogen and oxygen atoms in total. The lowest BCUT2D eigenvalue weighted by molar-refractivity contribution is -0.132. The molecular weight excluding hydrogens is 290 g/mol. The third kappa shape index (κ3) is 2.34. The topological polar surface area (TPSA) is 52.7 Å². The highest BCUT2D eigenvalue weighted by Crippen LogP contribution is 2.65. The van der Waals surface area contributed by atoms with Crippen molar-refractivity contribution in [1.29, 1.82) is 0 Å². The van der Waals surface area contributed by atoms with Crippen LogP contribution < -0.4 is 5.32 Å². The molecular formula is C18H27N3O2. The maximum Gasteiger partial charge on any atom is 0.317 e. The molecule has 5 fully saturated rings. The Morgan fingerprint density at radius 3 is 2.17 bits per heavy atom. The zero-order valence-corrected chi connectivity index (χ0v) is 13.7. The number of nitrogens with one attached hydrogen (secondary N) is 1. The third-order valence-electron chi connectivity index (χ3n) is 7.05. The lowest BCUT2D eigenvalue weighted by Gasteiger charge is -2.23. The van der Waals surface area contributed by atoms with E-state index in [9.17, 15) is 9.59 Å². The van der Waals surface area contributed by atoms with E-state index in [1.165, 1.54) is 19.3 Å². The number of hydrogen-bond donors (Lipinski definition) is 1. The first kappa shape index (κ1) is 14.1. The summed E-state index contributed by atoms with van der Waals surface area (Å²) in [5.41, 5.74) is 0. The molecule has 4 saturated carbocycles. The zero-order valence-electron chi connectivity index (χ0n) is 13.7. The van der Waals surface area contributed by atoms with E-state index in [4.69, 9.17) is 0 Å². The molecule has 4 aliphatic carbocycles. The van der Waals surface area contributed by atoms with Gasteiger partial charge < -0.3 is 15.1 Å². The second kappa shape index (κ2) is 5.12. The first-order valence-electron chi connectivity index (χ1n) is 9.56. The summed E-state index contributed by atoms with van der Waals surface area (Å²) in [5, 5.41) is 3.32. The van der Waals surface area contributed by atoms with Crippen LogP contribution in [0.3, 0.4) is 0 Å². The van der Waals surface area contributed by atoms with E-state index in [2.05, 4.69) is 5.32 Å². The Bertz CT molecular complexity index is 516. The van der Waals surface area contributed by atoms with Gasteiger partial charge in [-0.1, -0.05) is 0 Å². The van der Waals surface area contributed by atoms with Crippen LogP contribution in [0.2, 0.25) is 0 Å². The maximum atomic E-state index is 12.6. The zero-order chi connectivity index (χ0) is 15.6. The molecule has 1 aliphatic heterocycles. The molecule has 0 aromatic carbocycles. The fourth-order valence-corrected chi connectivity index (χ4v) is 5.68. The Labute approximate surface area is 137 Å². The Hall–Kier alpha value is -1.26. The number of hydrogen-bond acceptors (Lipinski definition) is 2. The summed E-state index contributed by atoms with van der Waals surface area (Å²) in [6, 6.07) is 0.575. The van der Waals surface area contributed by atoms with Crippen molar-refractivity contribution in [3.8, 4) is 0 Å². The second-order valence-corrected chi connectivity index (χ2v) is 8.40. The quantitative estimate of drug-likeness (QED) is 0.842. The van der Waals surface area contributed by atoms with Crippen LogP contribution in [0.4, 0.5) is 4.79 Å². The first-order valence-corrected chi connectivity index (χ1v) is 9.56. The lowest BCUT2D eigenvalue weighted by Crippen LogP contribution is -2.44. The van der Waals surface area contributed by atoms with Gasteiger partial charge in [-0.3, -0.25) is 4.79 Å². The molecule has 0 unspecified atom stereocenters. The van der Waals surface area contributed by atoms with Crippen LogP contribution in [0.1, 0.15) is 38.5 Å². The largest absolute Gasteiger partial charge is 0.341 e. The van der Waals surface area contributed by atoms with E-state index in [0.717, 1.165) is 56.0 Å². The van der Waals surface area contributed by atoms with Gasteiger partial charge in [-0.25, -0.2) is 4.79 Å². The molecule has 1 N–H and O–H groups in total. The van der Waals surface area contributed by atoms with Crippen molar-refractivity contribution in [3.63, 3.8) is 0 Å². The normalized spacial score (nSPS) is 41.5. The van der Waals surface area contributed by atoms with E-state index < -0.39 is 0 Å². The molecule has 3 amide bonds. The monoisotopic (exact) mass is 317 g/mol. The minimum atomic E-state index is 0.115. The second-order valence-electron chi connectivity index (χ2n) is 8.40. The Balaban J connectivity index is 1.15. The van der Waals surface area contributed by atoms with Crippen molar-refractivity contribution >= 4 is 11.9 Å². The highest BCUT2D eigenvalue weighted by molar-refractivity contribution is 5.81. The highest BCUT2D eigenvalue weighted by Gasteiger charge is 2.65. The van der Waals surface area contributed by atoms with Gasteiger partial charge in [0, 0.05) is 38.1 Å². The van der Waals surface area contributed by atoms with E-state index in [1.807, 2.05) is 9.80 Å². The van der Waals surface area contributed by atoms with E-state index >= 15 is 0 Å². The molecule has 0 spiro atoms. The van der Waals surface area contributed by atoms with Crippen LogP contribution in [0, 0.1) is 29.6 Å². The molecule has 1 heterocycles. The van der Waals surface area contributed by atoms with Crippen molar-refractivity contribution in [2.45, 2.75) is 44.6 Å². The highest BCUT2D eigenvalue weighted by atomic mass is 16.2. The molecule has 23 heavy (non-hydrogen) atoms. The number of fused-ring (bicyclic) bond motifs is 5. The van der Waals surface area contributed by atoms with Crippen molar-refractivity contribution in [2.24, 2.45) is 29.6 Å².